The van der Waals surface area contributed by atoms with E-state index in [1.807, 2.05) is 57.2 Å². The molecule has 0 bridgehead atoms. The highest BCUT2D eigenvalue weighted by molar-refractivity contribution is 5.79. The van der Waals surface area contributed by atoms with Crippen LogP contribution in [0, 0.1) is 5.41 Å². The normalized spacial score (nSPS) is 10.7. The molecule has 0 spiro atoms. The van der Waals surface area contributed by atoms with Crippen molar-refractivity contribution >= 4 is 5.97 Å². The summed E-state index contributed by atoms with van der Waals surface area (Å²) in [6.45, 7) is 12.6. The number of esters is 1. The largest absolute Gasteiger partial charge is 0.426 e. The fraction of sp³-hybridized carbons (Fsp3) is 0.244. The Morgan fingerprint density at radius 1 is 0.667 bits per heavy atom. The lowest BCUT2D eigenvalue weighted by Gasteiger charge is -2.16. The maximum atomic E-state index is 12.2. The van der Waals surface area contributed by atoms with Crippen LogP contribution >= 0.6 is 0 Å². The predicted molar refractivity (Wildman–Crippen MR) is 190 cm³/mol. The van der Waals surface area contributed by atoms with Crippen molar-refractivity contribution < 1.29 is 9.53 Å². The number of nitrogens with one attached hydrogen (secondary N) is 1. The van der Waals surface area contributed by atoms with E-state index >= 15 is 0 Å². The molecule has 0 aliphatic rings. The average molecular weight is 601 g/mol. The number of rotatable bonds is 7. The highest BCUT2D eigenvalue weighted by Gasteiger charge is 2.23. The first-order chi connectivity index (χ1) is 21.7. The first-order valence-corrected chi connectivity index (χ1v) is 15.7. The maximum absolute atomic E-state index is 12.2. The van der Waals surface area contributed by atoms with Gasteiger partial charge in [-0.2, -0.15) is 0 Å². The van der Waals surface area contributed by atoms with Crippen LogP contribution in [0.3, 0.4) is 0 Å². The van der Waals surface area contributed by atoms with E-state index in [-0.39, 0.29) is 5.97 Å². The number of carbonyl (C=O) groups excluding carboxylic acids is 1. The number of carbonyl (C=O) groups is 1. The van der Waals surface area contributed by atoms with Crippen molar-refractivity contribution in [1.82, 2.24) is 5.43 Å². The number of hydrogen-bond acceptors (Lipinski definition) is 4. The fourth-order valence-corrected chi connectivity index (χ4v) is 4.53. The molecule has 234 valence electrons. The van der Waals surface area contributed by atoms with Crippen molar-refractivity contribution in [1.29, 1.82) is 0 Å². The monoisotopic (exact) mass is 600 g/mol. The van der Waals surface area contributed by atoms with Gasteiger partial charge in [0.15, 0.2) is 0 Å². The van der Waals surface area contributed by atoms with E-state index in [0.29, 0.717) is 18.2 Å². The Balaban J connectivity index is 0.000000270. The number of benzene rings is 5. The van der Waals surface area contributed by atoms with Crippen LogP contribution in [0.4, 0.5) is 0 Å². The van der Waals surface area contributed by atoms with Crippen molar-refractivity contribution in [2.24, 2.45) is 11.3 Å². The van der Waals surface area contributed by atoms with Gasteiger partial charge in [0.2, 0.25) is 0 Å². The molecule has 5 rings (SSSR count). The van der Waals surface area contributed by atoms with Crippen LogP contribution in [0.5, 0.6) is 5.75 Å². The second-order valence-electron chi connectivity index (χ2n) is 12.1. The molecule has 0 amide bonds. The van der Waals surface area contributed by atoms with Crippen LogP contribution < -0.4 is 16.0 Å². The summed E-state index contributed by atoms with van der Waals surface area (Å²) < 4.78 is 5.54. The van der Waals surface area contributed by atoms with Crippen LogP contribution in [0.25, 0.3) is 22.3 Å². The Hall–Kier alpha value is -4.51. The maximum Gasteiger partial charge on any atom is 0.316 e. The molecule has 4 nitrogen and oxygen atoms in total. The summed E-state index contributed by atoms with van der Waals surface area (Å²) in [6.07, 6.45) is 1.25. The van der Waals surface area contributed by atoms with Gasteiger partial charge in [0, 0.05) is 12.5 Å². The standard InChI is InChI=1S/C24H26N2O2.C14H14.C3H8/c1-24(2,3)23(27)28-22-12-6-11-21(15-22)20-10-5-9-19(14-20)18-8-4-7-17(13-18)16-26-25;1-12(13-8-4-2-5-9-13)14-10-6-3-7-11-14;1-3-2/h4-15,26H,16,25H2,1-3H3;2-12H,1H3;3H2,1-2H3. The quantitative estimate of drug-likeness (QED) is 0.0844. The molecule has 5 aromatic rings. The molecule has 0 radical (unpaired) electrons. The van der Waals surface area contributed by atoms with Gasteiger partial charge in [-0.05, 0) is 84.0 Å². The minimum Gasteiger partial charge on any atom is -0.426 e. The van der Waals surface area contributed by atoms with Gasteiger partial charge < -0.3 is 4.74 Å². The third-order valence-corrected chi connectivity index (χ3v) is 7.02. The van der Waals surface area contributed by atoms with Gasteiger partial charge >= 0.3 is 5.97 Å². The zero-order valence-corrected chi connectivity index (χ0v) is 27.6. The van der Waals surface area contributed by atoms with Crippen molar-refractivity contribution in [2.45, 2.75) is 60.4 Å². The minimum absolute atomic E-state index is 0.247. The smallest absolute Gasteiger partial charge is 0.316 e. The van der Waals surface area contributed by atoms with E-state index in [9.17, 15) is 4.79 Å². The molecular weight excluding hydrogens is 552 g/mol. The van der Waals surface area contributed by atoms with Crippen LogP contribution in [-0.4, -0.2) is 5.97 Å². The number of hydrazine groups is 1. The molecule has 0 atom stereocenters. The molecule has 45 heavy (non-hydrogen) atoms. The summed E-state index contributed by atoms with van der Waals surface area (Å²) in [4.78, 5) is 12.2. The minimum atomic E-state index is -0.542. The van der Waals surface area contributed by atoms with Crippen LogP contribution in [0.15, 0.2) is 133 Å². The van der Waals surface area contributed by atoms with E-state index < -0.39 is 5.41 Å². The summed E-state index contributed by atoms with van der Waals surface area (Å²) >= 11 is 0. The molecule has 0 unspecified atom stereocenters. The Kier molecular flexibility index (Phi) is 13.8. The predicted octanol–water partition coefficient (Wildman–Crippen LogP) is 10.2. The molecule has 0 aliphatic heterocycles. The van der Waals surface area contributed by atoms with Gasteiger partial charge in [0.1, 0.15) is 5.75 Å². The van der Waals surface area contributed by atoms with Crippen LogP contribution in [-0.2, 0) is 11.3 Å². The van der Waals surface area contributed by atoms with Crippen LogP contribution in [0.2, 0.25) is 0 Å². The summed E-state index contributed by atoms with van der Waals surface area (Å²) in [7, 11) is 0. The SMILES string of the molecule is CC(C)(C)C(=O)Oc1cccc(-c2cccc(-c3cccc(CNN)c3)c2)c1.CC(c1ccccc1)c1ccccc1.CCC. The van der Waals surface area contributed by atoms with Crippen LogP contribution in [0.1, 0.15) is 70.6 Å². The average Bonchev–Trinajstić information content (AvgIpc) is 3.06. The van der Waals surface area contributed by atoms with Gasteiger partial charge in [-0.15, -0.1) is 0 Å². The third kappa shape index (κ3) is 11.2. The molecule has 4 heteroatoms. The molecule has 0 saturated carbocycles. The molecular formula is C41H48N2O2. The number of hydrogen-bond donors (Lipinski definition) is 2. The highest BCUT2D eigenvalue weighted by Crippen LogP contribution is 2.30. The topological polar surface area (TPSA) is 64.3 Å². The van der Waals surface area contributed by atoms with E-state index in [1.54, 1.807) is 6.07 Å². The summed E-state index contributed by atoms with van der Waals surface area (Å²) in [6, 6.07) is 45.4. The summed E-state index contributed by atoms with van der Waals surface area (Å²) in [5.41, 5.74) is 10.3. The second kappa shape index (κ2) is 17.7. The van der Waals surface area contributed by atoms with Crippen molar-refractivity contribution in [3.8, 4) is 28.0 Å². The first kappa shape index (κ1) is 35.0. The fourth-order valence-electron chi connectivity index (χ4n) is 4.53. The van der Waals surface area contributed by atoms with Gasteiger partial charge in [0.05, 0.1) is 5.41 Å². The van der Waals surface area contributed by atoms with E-state index in [1.165, 1.54) is 17.5 Å². The van der Waals surface area contributed by atoms with Crippen molar-refractivity contribution in [3.63, 3.8) is 0 Å². The lowest BCUT2D eigenvalue weighted by Crippen LogP contribution is -2.25. The Morgan fingerprint density at radius 2 is 1.11 bits per heavy atom. The second-order valence-corrected chi connectivity index (χ2v) is 12.1. The molecule has 0 aliphatic carbocycles. The van der Waals surface area contributed by atoms with Gasteiger partial charge in [-0.25, -0.2) is 0 Å². The van der Waals surface area contributed by atoms with E-state index in [0.717, 1.165) is 27.8 Å². The third-order valence-electron chi connectivity index (χ3n) is 7.02. The Morgan fingerprint density at radius 3 is 1.60 bits per heavy atom. The molecule has 0 fully saturated rings. The summed E-state index contributed by atoms with van der Waals surface area (Å²) in [5, 5.41) is 0. The number of ether oxygens (including phenoxy) is 1. The summed E-state index contributed by atoms with van der Waals surface area (Å²) in [5.74, 6) is 6.23. The van der Waals surface area contributed by atoms with Gasteiger partial charge in [-0.1, -0.05) is 136 Å². The molecule has 0 heterocycles. The molecule has 0 aromatic heterocycles. The zero-order chi connectivity index (χ0) is 32.7. The van der Waals surface area contributed by atoms with Gasteiger partial charge in [0.25, 0.3) is 0 Å². The zero-order valence-electron chi connectivity index (χ0n) is 27.6. The number of nitrogens with two attached hydrogens (primary N) is 1. The highest BCUT2D eigenvalue weighted by atomic mass is 16.5. The van der Waals surface area contributed by atoms with Gasteiger partial charge in [-0.3, -0.25) is 16.1 Å². The van der Waals surface area contributed by atoms with Crippen molar-refractivity contribution in [3.05, 3.63) is 150 Å². The molecule has 5 aromatic carbocycles. The first-order valence-electron chi connectivity index (χ1n) is 15.7. The molecule has 0 saturated heterocycles. The Labute approximate surface area is 270 Å². The molecule has 3 N–H and O–H groups in total. The lowest BCUT2D eigenvalue weighted by atomic mass is 9.93. The van der Waals surface area contributed by atoms with Crippen molar-refractivity contribution in [2.75, 3.05) is 0 Å². The van der Waals surface area contributed by atoms with E-state index in [2.05, 4.69) is 117 Å². The lowest BCUT2D eigenvalue weighted by molar-refractivity contribution is -0.142. The van der Waals surface area contributed by atoms with E-state index in [4.69, 9.17) is 10.6 Å². The Bertz CT molecular complexity index is 1550.